The van der Waals surface area contributed by atoms with Crippen molar-refractivity contribution in [2.45, 2.75) is 32.7 Å². The number of anilines is 1. The van der Waals surface area contributed by atoms with Gasteiger partial charge in [0.2, 0.25) is 5.91 Å². The topological polar surface area (TPSA) is 105 Å². The van der Waals surface area contributed by atoms with Gasteiger partial charge in [-0.3, -0.25) is 14.8 Å². The third-order valence-corrected chi connectivity index (χ3v) is 4.70. The van der Waals surface area contributed by atoms with E-state index in [2.05, 4.69) is 25.9 Å². The van der Waals surface area contributed by atoms with Gasteiger partial charge >= 0.3 is 6.03 Å². The van der Waals surface area contributed by atoms with Crippen molar-refractivity contribution in [2.75, 3.05) is 18.4 Å². The number of aryl methyl sites for hydroxylation is 3. The first kappa shape index (κ1) is 17.8. The summed E-state index contributed by atoms with van der Waals surface area (Å²) >= 11 is 0. The summed E-state index contributed by atoms with van der Waals surface area (Å²) < 4.78 is 1.77. The fourth-order valence-corrected chi connectivity index (χ4v) is 3.22. The van der Waals surface area contributed by atoms with Gasteiger partial charge in [-0.25, -0.2) is 4.79 Å². The quantitative estimate of drug-likeness (QED) is 0.851. The van der Waals surface area contributed by atoms with E-state index >= 15 is 0 Å². The van der Waals surface area contributed by atoms with Crippen molar-refractivity contribution in [1.82, 2.24) is 30.2 Å². The van der Waals surface area contributed by atoms with Crippen LogP contribution in [0.5, 0.6) is 0 Å². The number of hydrogen-bond donors (Lipinski definition) is 2. The van der Waals surface area contributed by atoms with E-state index in [1.54, 1.807) is 21.8 Å². The molecule has 0 aliphatic carbocycles. The van der Waals surface area contributed by atoms with Gasteiger partial charge in [-0.05, 0) is 31.5 Å². The molecule has 2 aromatic rings. The van der Waals surface area contributed by atoms with E-state index in [1.165, 1.54) is 6.92 Å². The smallest absolute Gasteiger partial charge is 0.323 e. The van der Waals surface area contributed by atoms with Crippen molar-refractivity contribution < 1.29 is 9.59 Å². The molecule has 138 valence electrons. The van der Waals surface area contributed by atoms with E-state index in [0.29, 0.717) is 18.9 Å². The minimum absolute atomic E-state index is 0.0250. The summed E-state index contributed by atoms with van der Waals surface area (Å²) in [6.45, 7) is 6.16. The second kappa shape index (κ2) is 7.11. The first-order chi connectivity index (χ1) is 12.3. The molecule has 2 aromatic heterocycles. The lowest BCUT2D eigenvalue weighted by Gasteiger charge is -2.18. The van der Waals surface area contributed by atoms with Crippen LogP contribution in [0.3, 0.4) is 0 Å². The summed E-state index contributed by atoms with van der Waals surface area (Å²) in [6, 6.07) is 3.28. The molecule has 1 aliphatic rings. The van der Waals surface area contributed by atoms with Gasteiger partial charge in [-0.15, -0.1) is 5.10 Å². The van der Waals surface area contributed by atoms with Gasteiger partial charge in [0.25, 0.3) is 0 Å². The lowest BCUT2D eigenvalue weighted by Crippen LogP contribution is -2.40. The van der Waals surface area contributed by atoms with E-state index in [-0.39, 0.29) is 23.9 Å². The zero-order chi connectivity index (χ0) is 18.8. The van der Waals surface area contributed by atoms with Gasteiger partial charge in [0, 0.05) is 44.9 Å². The van der Waals surface area contributed by atoms with Crippen molar-refractivity contribution in [3.63, 3.8) is 0 Å². The van der Waals surface area contributed by atoms with Gasteiger partial charge < -0.3 is 10.2 Å². The number of amides is 3. The first-order valence-corrected chi connectivity index (χ1v) is 8.47. The maximum atomic E-state index is 12.7. The molecule has 3 rings (SSSR count). The van der Waals surface area contributed by atoms with E-state index in [0.717, 1.165) is 17.0 Å². The standard InChI is InChI=1S/C17H23N7O2/c1-10-7-16(22-21-11(10)2)20-17(26)24-8-13(14(9-24)19-12(3)25)15-5-6-18-23(15)4/h5-7,13-14H,8-9H2,1-4H3,(H,19,25)(H,20,22,26)/t13-,14-/m1/s1. The molecule has 0 unspecified atom stereocenters. The minimum atomic E-state index is -0.262. The first-order valence-electron chi connectivity index (χ1n) is 8.47. The lowest BCUT2D eigenvalue weighted by atomic mass is 9.99. The van der Waals surface area contributed by atoms with Crippen LogP contribution in [-0.2, 0) is 11.8 Å². The molecule has 0 bridgehead atoms. The second-order valence-corrected chi connectivity index (χ2v) is 6.63. The van der Waals surface area contributed by atoms with Crippen LogP contribution in [0.1, 0.15) is 29.8 Å². The van der Waals surface area contributed by atoms with Crippen LogP contribution in [0.15, 0.2) is 18.3 Å². The molecular weight excluding hydrogens is 334 g/mol. The predicted molar refractivity (Wildman–Crippen MR) is 95.7 cm³/mol. The molecule has 9 heteroatoms. The van der Waals surface area contributed by atoms with Crippen LogP contribution in [0.25, 0.3) is 0 Å². The molecule has 0 saturated carbocycles. The molecular formula is C17H23N7O2. The number of urea groups is 1. The van der Waals surface area contributed by atoms with E-state index in [1.807, 2.05) is 27.0 Å². The molecule has 26 heavy (non-hydrogen) atoms. The normalized spacial score (nSPS) is 19.5. The fourth-order valence-electron chi connectivity index (χ4n) is 3.22. The number of nitrogens with zero attached hydrogens (tertiary/aromatic N) is 5. The van der Waals surface area contributed by atoms with Gasteiger partial charge in [0.1, 0.15) is 0 Å². The molecule has 0 spiro atoms. The summed E-state index contributed by atoms with van der Waals surface area (Å²) in [5, 5.41) is 18.0. The van der Waals surface area contributed by atoms with Crippen molar-refractivity contribution >= 4 is 17.8 Å². The van der Waals surface area contributed by atoms with Crippen molar-refractivity contribution in [2.24, 2.45) is 7.05 Å². The highest BCUT2D eigenvalue weighted by Gasteiger charge is 2.38. The number of carbonyl (C=O) groups excluding carboxylic acids is 2. The zero-order valence-corrected chi connectivity index (χ0v) is 15.4. The van der Waals surface area contributed by atoms with Gasteiger partial charge in [-0.2, -0.15) is 10.2 Å². The third kappa shape index (κ3) is 3.66. The molecule has 1 aliphatic heterocycles. The summed E-state index contributed by atoms with van der Waals surface area (Å²) in [5.41, 5.74) is 2.76. The number of carbonyl (C=O) groups is 2. The van der Waals surface area contributed by atoms with Crippen LogP contribution in [-0.4, -0.2) is 55.9 Å². The Kier molecular flexibility index (Phi) is 4.88. The average Bonchev–Trinajstić information content (AvgIpc) is 3.16. The third-order valence-electron chi connectivity index (χ3n) is 4.70. The molecule has 3 amide bonds. The molecule has 0 aromatic carbocycles. The summed E-state index contributed by atoms with van der Waals surface area (Å²) in [5.74, 6) is 0.269. The van der Waals surface area contributed by atoms with E-state index in [4.69, 9.17) is 0 Å². The largest absolute Gasteiger partial charge is 0.351 e. The average molecular weight is 357 g/mol. The molecule has 3 heterocycles. The highest BCUT2D eigenvalue weighted by Crippen LogP contribution is 2.27. The number of likely N-dealkylation sites (tertiary alicyclic amines) is 1. The monoisotopic (exact) mass is 357 g/mol. The highest BCUT2D eigenvalue weighted by molar-refractivity contribution is 5.88. The Morgan fingerprint density at radius 3 is 2.62 bits per heavy atom. The van der Waals surface area contributed by atoms with Crippen molar-refractivity contribution in [3.8, 4) is 0 Å². The van der Waals surface area contributed by atoms with E-state index < -0.39 is 0 Å². The van der Waals surface area contributed by atoms with Crippen LogP contribution in [0, 0.1) is 13.8 Å². The maximum Gasteiger partial charge on any atom is 0.323 e. The Labute approximate surface area is 151 Å². The number of aromatic nitrogens is 4. The van der Waals surface area contributed by atoms with Gasteiger partial charge in [-0.1, -0.05) is 0 Å². The summed E-state index contributed by atoms with van der Waals surface area (Å²) in [4.78, 5) is 25.9. The lowest BCUT2D eigenvalue weighted by molar-refractivity contribution is -0.119. The fraction of sp³-hybridized carbons (Fsp3) is 0.471. The Morgan fingerprint density at radius 2 is 2.00 bits per heavy atom. The minimum Gasteiger partial charge on any atom is -0.351 e. The predicted octanol–water partition coefficient (Wildman–Crippen LogP) is 0.963. The Morgan fingerprint density at radius 1 is 1.23 bits per heavy atom. The Bertz CT molecular complexity index is 832. The molecule has 0 radical (unpaired) electrons. The summed E-state index contributed by atoms with van der Waals surface area (Å²) in [7, 11) is 1.85. The van der Waals surface area contributed by atoms with Crippen LogP contribution < -0.4 is 10.6 Å². The highest BCUT2D eigenvalue weighted by atomic mass is 16.2. The van der Waals surface area contributed by atoms with Crippen LogP contribution in [0.2, 0.25) is 0 Å². The van der Waals surface area contributed by atoms with Crippen molar-refractivity contribution in [1.29, 1.82) is 0 Å². The van der Waals surface area contributed by atoms with Gasteiger partial charge in [0.05, 0.1) is 11.7 Å². The summed E-state index contributed by atoms with van der Waals surface area (Å²) in [6.07, 6.45) is 1.72. The molecule has 1 saturated heterocycles. The van der Waals surface area contributed by atoms with Crippen LogP contribution >= 0.6 is 0 Å². The molecule has 9 nitrogen and oxygen atoms in total. The zero-order valence-electron chi connectivity index (χ0n) is 15.4. The maximum absolute atomic E-state index is 12.7. The van der Waals surface area contributed by atoms with Gasteiger partial charge in [0.15, 0.2) is 5.82 Å². The number of hydrogen-bond acceptors (Lipinski definition) is 5. The Hall–Kier alpha value is -2.97. The van der Waals surface area contributed by atoms with Crippen LogP contribution in [0.4, 0.5) is 10.6 Å². The molecule has 2 atom stereocenters. The second-order valence-electron chi connectivity index (χ2n) is 6.63. The number of nitrogens with one attached hydrogen (secondary N) is 2. The molecule has 2 N–H and O–H groups in total. The Balaban J connectivity index is 1.75. The van der Waals surface area contributed by atoms with Crippen molar-refractivity contribution in [3.05, 3.63) is 35.3 Å². The SMILES string of the molecule is CC(=O)N[C@@H]1CN(C(=O)Nc2cc(C)c(C)nn2)C[C@H]1c1ccnn1C. The number of rotatable bonds is 3. The molecule has 1 fully saturated rings. The van der Waals surface area contributed by atoms with E-state index in [9.17, 15) is 9.59 Å².